The van der Waals surface area contributed by atoms with Crippen LogP contribution in [-0.4, -0.2) is 9.97 Å². The van der Waals surface area contributed by atoms with E-state index in [0.717, 1.165) is 17.0 Å². The predicted molar refractivity (Wildman–Crippen MR) is 86.7 cm³/mol. The fraction of sp³-hybridized carbons (Fsp3) is 0.412. The Morgan fingerprint density at radius 3 is 2.00 bits per heavy atom. The second kappa shape index (κ2) is 6.51. The Bertz CT molecular complexity index is 551. The minimum Gasteiger partial charge on any atom is -0.382 e. The number of nitrogens with two attached hydrogens (primary N) is 1. The summed E-state index contributed by atoms with van der Waals surface area (Å²) in [6.45, 7) is 12.5. The van der Waals surface area contributed by atoms with Crippen LogP contribution >= 0.6 is 0 Å². The van der Waals surface area contributed by atoms with Gasteiger partial charge in [-0.25, -0.2) is 4.98 Å². The van der Waals surface area contributed by atoms with Gasteiger partial charge in [-0.1, -0.05) is 58.9 Å². The van der Waals surface area contributed by atoms with Gasteiger partial charge in [0.2, 0.25) is 0 Å². The van der Waals surface area contributed by atoms with Crippen LogP contribution in [0, 0.1) is 6.92 Å². The molecule has 0 spiro atoms. The number of rotatable bonds is 1. The van der Waals surface area contributed by atoms with Gasteiger partial charge in [0.15, 0.2) is 0 Å². The van der Waals surface area contributed by atoms with E-state index in [2.05, 4.69) is 55.0 Å². The highest BCUT2D eigenvalue weighted by molar-refractivity contribution is 5.60. The van der Waals surface area contributed by atoms with Crippen LogP contribution in [0.4, 0.5) is 5.82 Å². The normalized spacial score (nSPS) is 10.7. The Labute approximate surface area is 122 Å². The summed E-state index contributed by atoms with van der Waals surface area (Å²) in [6.07, 6.45) is 1.76. The molecule has 0 amide bonds. The number of hydrogen-bond acceptors (Lipinski definition) is 3. The van der Waals surface area contributed by atoms with Crippen LogP contribution in [-0.2, 0) is 5.41 Å². The summed E-state index contributed by atoms with van der Waals surface area (Å²) < 4.78 is 0. The van der Waals surface area contributed by atoms with Gasteiger partial charge in [0, 0.05) is 5.56 Å². The monoisotopic (exact) mass is 271 g/mol. The molecule has 3 heteroatoms. The van der Waals surface area contributed by atoms with Gasteiger partial charge >= 0.3 is 0 Å². The van der Waals surface area contributed by atoms with Crippen molar-refractivity contribution in [2.45, 2.75) is 47.0 Å². The molecule has 108 valence electrons. The molecule has 20 heavy (non-hydrogen) atoms. The van der Waals surface area contributed by atoms with Gasteiger partial charge in [-0.2, -0.15) is 0 Å². The number of nitrogen functional groups attached to an aromatic ring is 1. The van der Waals surface area contributed by atoms with Gasteiger partial charge in [0.1, 0.15) is 5.82 Å². The zero-order chi connectivity index (χ0) is 15.3. The highest BCUT2D eigenvalue weighted by Crippen LogP contribution is 2.25. The second-order valence-electron chi connectivity index (χ2n) is 5.55. The highest BCUT2D eigenvalue weighted by Gasteiger charge is 2.13. The SMILES string of the molecule is CC.Cc1ncc(-c2ccc(C(C)(C)C)cc2)nc1N. The van der Waals surface area contributed by atoms with Gasteiger partial charge in [-0.05, 0) is 17.9 Å². The van der Waals surface area contributed by atoms with E-state index in [-0.39, 0.29) is 5.41 Å². The molecule has 3 nitrogen and oxygen atoms in total. The average Bonchev–Trinajstić information content (AvgIpc) is 2.43. The Hall–Kier alpha value is -1.90. The zero-order valence-electron chi connectivity index (χ0n) is 13.4. The van der Waals surface area contributed by atoms with E-state index in [1.54, 1.807) is 6.20 Å². The number of nitrogens with zero attached hydrogens (tertiary/aromatic N) is 2. The molecule has 0 radical (unpaired) electrons. The third-order valence-corrected chi connectivity index (χ3v) is 3.04. The molecule has 0 unspecified atom stereocenters. The van der Waals surface area contributed by atoms with Gasteiger partial charge in [-0.15, -0.1) is 0 Å². The topological polar surface area (TPSA) is 51.8 Å². The first kappa shape index (κ1) is 16.2. The molecule has 2 aromatic rings. The van der Waals surface area contributed by atoms with Crippen LogP contribution in [0.1, 0.15) is 45.9 Å². The summed E-state index contributed by atoms with van der Waals surface area (Å²) in [6, 6.07) is 8.40. The van der Waals surface area contributed by atoms with Crippen LogP contribution in [0.2, 0.25) is 0 Å². The lowest BCUT2D eigenvalue weighted by Gasteiger charge is -2.19. The van der Waals surface area contributed by atoms with Crippen molar-refractivity contribution in [1.82, 2.24) is 9.97 Å². The van der Waals surface area contributed by atoms with Crippen LogP contribution in [0.15, 0.2) is 30.5 Å². The molecule has 0 atom stereocenters. The number of hydrogen-bond donors (Lipinski definition) is 1. The van der Waals surface area contributed by atoms with Gasteiger partial charge in [0.25, 0.3) is 0 Å². The molecule has 2 N–H and O–H groups in total. The molecular formula is C17H25N3. The molecule has 0 bridgehead atoms. The first-order valence-electron chi connectivity index (χ1n) is 7.08. The minimum atomic E-state index is 0.163. The summed E-state index contributed by atoms with van der Waals surface area (Å²) in [7, 11) is 0. The molecule has 0 aliphatic rings. The van der Waals surface area contributed by atoms with E-state index in [9.17, 15) is 0 Å². The van der Waals surface area contributed by atoms with E-state index in [1.807, 2.05) is 20.8 Å². The van der Waals surface area contributed by atoms with Gasteiger partial charge < -0.3 is 5.73 Å². The van der Waals surface area contributed by atoms with Crippen molar-refractivity contribution in [3.8, 4) is 11.3 Å². The van der Waals surface area contributed by atoms with E-state index < -0.39 is 0 Å². The maximum atomic E-state index is 5.78. The molecule has 1 heterocycles. The lowest BCUT2D eigenvalue weighted by atomic mass is 9.86. The Balaban J connectivity index is 0.000000956. The average molecular weight is 271 g/mol. The van der Waals surface area contributed by atoms with E-state index in [0.29, 0.717) is 5.82 Å². The molecule has 0 aliphatic heterocycles. The highest BCUT2D eigenvalue weighted by atomic mass is 14.9. The first-order valence-corrected chi connectivity index (χ1v) is 7.08. The maximum Gasteiger partial charge on any atom is 0.145 e. The van der Waals surface area contributed by atoms with Crippen LogP contribution in [0.3, 0.4) is 0 Å². The summed E-state index contributed by atoms with van der Waals surface area (Å²) in [5.74, 6) is 0.493. The molecule has 0 saturated heterocycles. The van der Waals surface area contributed by atoms with Crippen LogP contribution in [0.5, 0.6) is 0 Å². The molecule has 1 aromatic heterocycles. The molecule has 0 fully saturated rings. The fourth-order valence-electron chi connectivity index (χ4n) is 1.74. The summed E-state index contributed by atoms with van der Waals surface area (Å²) in [5, 5.41) is 0. The zero-order valence-corrected chi connectivity index (χ0v) is 13.4. The number of anilines is 1. The summed E-state index contributed by atoms with van der Waals surface area (Å²) in [5.41, 5.74) is 9.88. The summed E-state index contributed by atoms with van der Waals surface area (Å²) >= 11 is 0. The lowest BCUT2D eigenvalue weighted by Crippen LogP contribution is -2.10. The number of aromatic nitrogens is 2. The quantitative estimate of drug-likeness (QED) is 0.838. The van der Waals surface area contributed by atoms with Crippen molar-refractivity contribution in [3.63, 3.8) is 0 Å². The molecule has 0 saturated carbocycles. The van der Waals surface area contributed by atoms with Crippen LogP contribution < -0.4 is 5.73 Å². The minimum absolute atomic E-state index is 0.163. The molecular weight excluding hydrogens is 246 g/mol. The Morgan fingerprint density at radius 1 is 1.00 bits per heavy atom. The smallest absolute Gasteiger partial charge is 0.145 e. The standard InChI is InChI=1S/C15H19N3.C2H6/c1-10-14(16)18-13(9-17-10)11-5-7-12(8-6-11)15(2,3)4;1-2/h5-9H,1-4H3,(H2,16,18);1-2H3. The molecule has 0 aliphatic carbocycles. The first-order chi connectivity index (χ1) is 9.38. The van der Waals surface area contributed by atoms with Gasteiger partial charge in [0.05, 0.1) is 17.6 Å². The number of benzene rings is 1. The third-order valence-electron chi connectivity index (χ3n) is 3.04. The van der Waals surface area contributed by atoms with Gasteiger partial charge in [-0.3, -0.25) is 4.98 Å². The second-order valence-corrected chi connectivity index (χ2v) is 5.55. The maximum absolute atomic E-state index is 5.78. The Morgan fingerprint density at radius 2 is 1.55 bits per heavy atom. The number of aryl methyl sites for hydroxylation is 1. The lowest BCUT2D eigenvalue weighted by molar-refractivity contribution is 0.590. The van der Waals surface area contributed by atoms with E-state index in [1.165, 1.54) is 5.56 Å². The van der Waals surface area contributed by atoms with E-state index >= 15 is 0 Å². The summed E-state index contributed by atoms with van der Waals surface area (Å²) in [4.78, 5) is 8.59. The predicted octanol–water partition coefficient (Wildman–Crippen LogP) is 4.36. The molecule has 2 rings (SSSR count). The van der Waals surface area contributed by atoms with Crippen molar-refractivity contribution < 1.29 is 0 Å². The molecule has 1 aromatic carbocycles. The van der Waals surface area contributed by atoms with Crippen molar-refractivity contribution in [2.24, 2.45) is 0 Å². The van der Waals surface area contributed by atoms with Crippen molar-refractivity contribution >= 4 is 5.82 Å². The van der Waals surface area contributed by atoms with E-state index in [4.69, 9.17) is 5.73 Å². The van der Waals surface area contributed by atoms with Crippen LogP contribution in [0.25, 0.3) is 11.3 Å². The van der Waals surface area contributed by atoms with Crippen molar-refractivity contribution in [2.75, 3.05) is 5.73 Å². The largest absolute Gasteiger partial charge is 0.382 e. The van der Waals surface area contributed by atoms with Crippen molar-refractivity contribution in [3.05, 3.63) is 41.7 Å². The third kappa shape index (κ3) is 3.80. The fourth-order valence-corrected chi connectivity index (χ4v) is 1.74. The Kier molecular flexibility index (Phi) is 5.26. The van der Waals surface area contributed by atoms with Crippen molar-refractivity contribution in [1.29, 1.82) is 0 Å².